The Morgan fingerprint density at radius 2 is 1.79 bits per heavy atom. The fourth-order valence-electron chi connectivity index (χ4n) is 3.37. The number of rotatable bonds is 2. The molecular formula is C20H13Cl3N4O. The number of aryl methyl sites for hydroxylation is 1. The first-order valence-corrected chi connectivity index (χ1v) is 9.42. The second kappa shape index (κ2) is 7.06. The lowest BCUT2D eigenvalue weighted by Gasteiger charge is -2.26. The molecule has 1 aliphatic heterocycles. The molecule has 2 heterocycles. The van der Waals surface area contributed by atoms with Crippen LogP contribution in [0.2, 0.25) is 15.1 Å². The molecule has 0 spiro atoms. The van der Waals surface area contributed by atoms with E-state index in [4.69, 9.17) is 45.3 Å². The number of hydrogen-bond donors (Lipinski definition) is 1. The van der Waals surface area contributed by atoms with Gasteiger partial charge in [-0.25, -0.2) is 4.68 Å². The Morgan fingerprint density at radius 1 is 1.11 bits per heavy atom. The van der Waals surface area contributed by atoms with E-state index in [1.807, 2.05) is 19.1 Å². The molecule has 0 radical (unpaired) electrons. The molecule has 1 aromatic heterocycles. The number of nitriles is 1. The summed E-state index contributed by atoms with van der Waals surface area (Å²) in [5.74, 6) is -0.209. The predicted molar refractivity (Wildman–Crippen MR) is 109 cm³/mol. The third kappa shape index (κ3) is 2.91. The summed E-state index contributed by atoms with van der Waals surface area (Å²) in [6, 6.07) is 14.5. The van der Waals surface area contributed by atoms with E-state index in [1.54, 1.807) is 35.0 Å². The number of aromatic nitrogens is 2. The fourth-order valence-corrected chi connectivity index (χ4v) is 4.17. The van der Waals surface area contributed by atoms with E-state index in [-0.39, 0.29) is 11.5 Å². The predicted octanol–water partition coefficient (Wildman–Crippen LogP) is 5.36. The molecule has 8 heteroatoms. The molecular weight excluding hydrogens is 419 g/mol. The number of benzene rings is 2. The van der Waals surface area contributed by atoms with Crippen molar-refractivity contribution >= 4 is 34.8 Å². The third-order valence-corrected chi connectivity index (χ3v) is 5.47. The molecule has 0 fully saturated rings. The molecule has 5 nitrogen and oxygen atoms in total. The monoisotopic (exact) mass is 430 g/mol. The Hall–Kier alpha value is -2.65. The van der Waals surface area contributed by atoms with Crippen LogP contribution in [0.1, 0.15) is 22.7 Å². The van der Waals surface area contributed by atoms with Crippen LogP contribution in [0, 0.1) is 18.3 Å². The van der Waals surface area contributed by atoms with Crippen molar-refractivity contribution in [3.8, 4) is 17.6 Å². The largest absolute Gasteiger partial charge is 0.422 e. The smallest absolute Gasteiger partial charge is 0.229 e. The summed E-state index contributed by atoms with van der Waals surface area (Å²) in [5.41, 5.74) is 8.97. The van der Waals surface area contributed by atoms with Crippen molar-refractivity contribution in [2.45, 2.75) is 12.8 Å². The van der Waals surface area contributed by atoms with Gasteiger partial charge in [-0.3, -0.25) is 0 Å². The maximum atomic E-state index is 9.75. The van der Waals surface area contributed by atoms with Crippen LogP contribution >= 0.6 is 34.8 Å². The van der Waals surface area contributed by atoms with Gasteiger partial charge in [0.05, 0.1) is 22.9 Å². The minimum absolute atomic E-state index is 0.0147. The number of halogens is 3. The molecule has 28 heavy (non-hydrogen) atoms. The molecule has 1 atom stereocenters. The first kappa shape index (κ1) is 18.7. The zero-order chi connectivity index (χ0) is 20.0. The molecule has 2 aromatic carbocycles. The normalized spacial score (nSPS) is 15.8. The molecule has 1 aliphatic rings. The lowest BCUT2D eigenvalue weighted by molar-refractivity contribution is 0.367. The van der Waals surface area contributed by atoms with Crippen molar-refractivity contribution in [3.63, 3.8) is 0 Å². The SMILES string of the molecule is Cc1nn(-c2cccc(Cl)c2)c2c1C(c1c(Cl)cccc1Cl)C(C#N)=C(N)O2. The van der Waals surface area contributed by atoms with E-state index in [0.717, 1.165) is 0 Å². The van der Waals surface area contributed by atoms with Gasteiger partial charge in [0.2, 0.25) is 11.8 Å². The maximum Gasteiger partial charge on any atom is 0.229 e. The highest BCUT2D eigenvalue weighted by Gasteiger charge is 2.38. The average molecular weight is 432 g/mol. The summed E-state index contributed by atoms with van der Waals surface area (Å²) in [6.07, 6.45) is 0. The molecule has 3 aromatic rings. The lowest BCUT2D eigenvalue weighted by Crippen LogP contribution is -2.22. The number of ether oxygens (including phenoxy) is 1. The Kier molecular flexibility index (Phi) is 4.72. The maximum absolute atomic E-state index is 9.75. The van der Waals surface area contributed by atoms with Crippen molar-refractivity contribution in [3.05, 3.63) is 85.8 Å². The third-order valence-electron chi connectivity index (χ3n) is 4.57. The van der Waals surface area contributed by atoms with Gasteiger partial charge in [-0.2, -0.15) is 10.4 Å². The second-order valence-electron chi connectivity index (χ2n) is 6.26. The summed E-state index contributed by atoms with van der Waals surface area (Å²) < 4.78 is 7.43. The van der Waals surface area contributed by atoms with Gasteiger partial charge in [0.1, 0.15) is 11.6 Å². The van der Waals surface area contributed by atoms with Crippen molar-refractivity contribution in [1.29, 1.82) is 5.26 Å². The highest BCUT2D eigenvalue weighted by molar-refractivity contribution is 6.36. The first-order valence-electron chi connectivity index (χ1n) is 8.29. The van der Waals surface area contributed by atoms with Gasteiger partial charge in [0.15, 0.2) is 0 Å². The number of allylic oxidation sites excluding steroid dienone is 1. The van der Waals surface area contributed by atoms with E-state index < -0.39 is 5.92 Å². The van der Waals surface area contributed by atoms with Gasteiger partial charge in [-0.15, -0.1) is 0 Å². The standard InChI is InChI=1S/C20H13Cl3N4O/c1-10-16-17(18-14(22)6-3-7-15(18)23)13(9-24)19(25)28-20(16)27(26-10)12-5-2-4-11(21)8-12/h2-8,17H,25H2,1H3. The number of nitrogens with zero attached hydrogens (tertiary/aromatic N) is 3. The molecule has 0 bridgehead atoms. The Morgan fingerprint density at radius 3 is 2.43 bits per heavy atom. The highest BCUT2D eigenvalue weighted by atomic mass is 35.5. The number of fused-ring (bicyclic) bond motifs is 1. The van der Waals surface area contributed by atoms with Crippen molar-refractivity contribution in [1.82, 2.24) is 9.78 Å². The average Bonchev–Trinajstić information content (AvgIpc) is 2.97. The zero-order valence-corrected chi connectivity index (χ0v) is 16.8. The number of hydrogen-bond acceptors (Lipinski definition) is 4. The summed E-state index contributed by atoms with van der Waals surface area (Å²) in [6.45, 7) is 1.83. The van der Waals surface area contributed by atoms with Crippen LogP contribution in [0.25, 0.3) is 5.69 Å². The van der Waals surface area contributed by atoms with Gasteiger partial charge in [0.25, 0.3) is 0 Å². The van der Waals surface area contributed by atoms with E-state index in [1.165, 1.54) is 0 Å². The van der Waals surface area contributed by atoms with Crippen molar-refractivity contribution in [2.75, 3.05) is 0 Å². The summed E-state index contributed by atoms with van der Waals surface area (Å²) in [5, 5.41) is 15.8. The first-order chi connectivity index (χ1) is 13.4. The summed E-state index contributed by atoms with van der Waals surface area (Å²) >= 11 is 19.0. The molecule has 0 saturated carbocycles. The van der Waals surface area contributed by atoms with Crippen LogP contribution in [0.5, 0.6) is 5.88 Å². The van der Waals surface area contributed by atoms with E-state index in [0.29, 0.717) is 43.5 Å². The minimum Gasteiger partial charge on any atom is -0.422 e. The molecule has 0 amide bonds. The van der Waals surface area contributed by atoms with Crippen molar-refractivity contribution < 1.29 is 4.74 Å². The van der Waals surface area contributed by atoms with Crippen LogP contribution in [0.4, 0.5) is 0 Å². The molecule has 140 valence electrons. The molecule has 0 saturated heterocycles. The highest BCUT2D eigenvalue weighted by Crippen LogP contribution is 2.48. The van der Waals surface area contributed by atoms with E-state index in [2.05, 4.69) is 11.2 Å². The van der Waals surface area contributed by atoms with Gasteiger partial charge in [0, 0.05) is 20.6 Å². The van der Waals surface area contributed by atoms with Gasteiger partial charge < -0.3 is 10.5 Å². The van der Waals surface area contributed by atoms with Gasteiger partial charge in [-0.05, 0) is 37.3 Å². The number of nitrogens with two attached hydrogens (primary N) is 1. The van der Waals surface area contributed by atoms with Crippen LogP contribution in [-0.4, -0.2) is 9.78 Å². The fraction of sp³-hybridized carbons (Fsp3) is 0.100. The zero-order valence-electron chi connectivity index (χ0n) is 14.6. The van der Waals surface area contributed by atoms with Gasteiger partial charge >= 0.3 is 0 Å². The Labute approximate surface area is 176 Å². The van der Waals surface area contributed by atoms with E-state index >= 15 is 0 Å². The van der Waals surface area contributed by atoms with Gasteiger partial charge in [-0.1, -0.05) is 46.9 Å². The Balaban J connectivity index is 2.02. The molecule has 2 N–H and O–H groups in total. The molecule has 1 unspecified atom stereocenters. The molecule has 4 rings (SSSR count). The Bertz CT molecular complexity index is 1160. The van der Waals surface area contributed by atoms with Crippen LogP contribution in [0.15, 0.2) is 53.9 Å². The quantitative estimate of drug-likeness (QED) is 0.592. The van der Waals surface area contributed by atoms with Crippen LogP contribution < -0.4 is 10.5 Å². The topological polar surface area (TPSA) is 76.9 Å². The summed E-state index contributed by atoms with van der Waals surface area (Å²) in [4.78, 5) is 0. The summed E-state index contributed by atoms with van der Waals surface area (Å²) in [7, 11) is 0. The molecule has 0 aliphatic carbocycles. The van der Waals surface area contributed by atoms with Crippen LogP contribution in [-0.2, 0) is 0 Å². The van der Waals surface area contributed by atoms with Crippen molar-refractivity contribution in [2.24, 2.45) is 5.73 Å². The van der Waals surface area contributed by atoms with Crippen LogP contribution in [0.3, 0.4) is 0 Å². The second-order valence-corrected chi connectivity index (χ2v) is 7.51. The lowest BCUT2D eigenvalue weighted by atomic mass is 9.84. The van der Waals surface area contributed by atoms with E-state index in [9.17, 15) is 5.26 Å². The minimum atomic E-state index is -0.595.